The summed E-state index contributed by atoms with van der Waals surface area (Å²) in [5, 5.41) is 2.91. The number of thiazole rings is 1. The van der Waals surface area contributed by atoms with Gasteiger partial charge >= 0.3 is 0 Å². The maximum absolute atomic E-state index is 12.7. The van der Waals surface area contributed by atoms with Crippen molar-refractivity contribution < 1.29 is 8.42 Å². The summed E-state index contributed by atoms with van der Waals surface area (Å²) in [6.07, 6.45) is 0. The van der Waals surface area contributed by atoms with Crippen LogP contribution in [-0.2, 0) is 10.0 Å². The normalized spacial score (nSPS) is 11.7. The van der Waals surface area contributed by atoms with Crippen LogP contribution in [0.5, 0.6) is 0 Å². The minimum Gasteiger partial charge on any atom is -0.280 e. The third kappa shape index (κ3) is 3.56. The minimum absolute atomic E-state index is 0.300. The second kappa shape index (κ2) is 6.59. The summed E-state index contributed by atoms with van der Waals surface area (Å²) in [5.41, 5.74) is 2.34. The number of thiophene rings is 1. The van der Waals surface area contributed by atoms with Gasteiger partial charge in [-0.15, -0.1) is 22.7 Å². The molecule has 0 fully saturated rings. The minimum atomic E-state index is -3.63. The van der Waals surface area contributed by atoms with Crippen LogP contribution >= 0.6 is 38.6 Å². The standard InChI is InChI=1S/C16H15BrN2O2S3/c1-9-6-12(4-5-13(9)17)19-24(20,21)16-7-15(23-10(16)2)14-8-22-11(3)18-14/h4-8,19H,1-3H3. The monoisotopic (exact) mass is 442 g/mol. The van der Waals surface area contributed by atoms with Gasteiger partial charge in [-0.3, -0.25) is 4.72 Å². The molecular weight excluding hydrogens is 428 g/mol. The van der Waals surface area contributed by atoms with E-state index >= 15 is 0 Å². The number of hydrogen-bond acceptors (Lipinski definition) is 5. The number of benzene rings is 1. The molecule has 0 atom stereocenters. The van der Waals surface area contributed by atoms with Gasteiger partial charge in [0.2, 0.25) is 0 Å². The van der Waals surface area contributed by atoms with E-state index in [4.69, 9.17) is 0 Å². The van der Waals surface area contributed by atoms with Crippen molar-refractivity contribution in [3.8, 4) is 10.6 Å². The van der Waals surface area contributed by atoms with Crippen LogP contribution in [0, 0.1) is 20.8 Å². The summed E-state index contributed by atoms with van der Waals surface area (Å²) in [4.78, 5) is 6.34. The second-order valence-corrected chi connectivity index (χ2v) is 10.2. The smallest absolute Gasteiger partial charge is 0.263 e. The third-order valence-corrected chi connectivity index (χ3v) is 7.82. The Balaban J connectivity index is 1.95. The highest BCUT2D eigenvalue weighted by atomic mass is 79.9. The molecule has 4 nitrogen and oxygen atoms in total. The van der Waals surface area contributed by atoms with E-state index in [0.717, 1.165) is 30.5 Å². The molecular formula is C16H15BrN2O2S3. The van der Waals surface area contributed by atoms with E-state index in [0.29, 0.717) is 10.6 Å². The molecule has 2 heterocycles. The average molecular weight is 443 g/mol. The quantitative estimate of drug-likeness (QED) is 0.591. The largest absolute Gasteiger partial charge is 0.280 e. The van der Waals surface area contributed by atoms with Crippen molar-refractivity contribution in [1.29, 1.82) is 0 Å². The second-order valence-electron chi connectivity index (χ2n) is 5.35. The van der Waals surface area contributed by atoms with E-state index in [9.17, 15) is 8.42 Å². The molecule has 8 heteroatoms. The van der Waals surface area contributed by atoms with Crippen LogP contribution in [-0.4, -0.2) is 13.4 Å². The highest BCUT2D eigenvalue weighted by molar-refractivity contribution is 9.10. The number of nitrogens with one attached hydrogen (secondary N) is 1. The number of rotatable bonds is 4. The lowest BCUT2D eigenvalue weighted by atomic mass is 10.2. The van der Waals surface area contributed by atoms with Crippen LogP contribution in [0.25, 0.3) is 10.6 Å². The van der Waals surface area contributed by atoms with Gasteiger partial charge in [-0.2, -0.15) is 0 Å². The number of nitrogens with zero attached hydrogens (tertiary/aromatic N) is 1. The van der Waals surface area contributed by atoms with Crippen LogP contribution in [0.1, 0.15) is 15.4 Å². The van der Waals surface area contributed by atoms with Gasteiger partial charge in [-0.25, -0.2) is 13.4 Å². The van der Waals surface area contributed by atoms with E-state index in [1.165, 1.54) is 11.3 Å². The molecule has 24 heavy (non-hydrogen) atoms. The Morgan fingerprint density at radius 2 is 1.92 bits per heavy atom. The van der Waals surface area contributed by atoms with Crippen molar-refractivity contribution in [1.82, 2.24) is 4.98 Å². The van der Waals surface area contributed by atoms with E-state index in [2.05, 4.69) is 25.6 Å². The molecule has 0 aliphatic rings. The Bertz CT molecular complexity index is 1010. The lowest BCUT2D eigenvalue weighted by molar-refractivity contribution is 0.601. The molecule has 0 aliphatic heterocycles. The molecule has 3 aromatic rings. The molecule has 3 rings (SSSR count). The van der Waals surface area contributed by atoms with Crippen LogP contribution in [0.4, 0.5) is 5.69 Å². The fourth-order valence-corrected chi connectivity index (χ4v) is 5.79. The van der Waals surface area contributed by atoms with Gasteiger partial charge in [0.05, 0.1) is 15.6 Å². The Morgan fingerprint density at radius 1 is 1.17 bits per heavy atom. The topological polar surface area (TPSA) is 59.1 Å². The SMILES string of the molecule is Cc1nc(-c2cc(S(=O)(=O)Nc3ccc(Br)c(C)c3)c(C)s2)cs1. The van der Waals surface area contributed by atoms with Crippen LogP contribution in [0.15, 0.2) is 39.0 Å². The van der Waals surface area contributed by atoms with Gasteiger partial charge in [0.15, 0.2) is 0 Å². The van der Waals surface area contributed by atoms with Crippen LogP contribution in [0.2, 0.25) is 0 Å². The molecule has 2 aromatic heterocycles. The fourth-order valence-electron chi connectivity index (χ4n) is 2.25. The van der Waals surface area contributed by atoms with E-state index in [1.807, 2.05) is 32.2 Å². The first kappa shape index (κ1) is 17.6. The first-order chi connectivity index (χ1) is 11.3. The molecule has 1 N–H and O–H groups in total. The zero-order valence-electron chi connectivity index (χ0n) is 13.3. The Hall–Kier alpha value is -1.22. The maximum atomic E-state index is 12.7. The lowest BCUT2D eigenvalue weighted by Gasteiger charge is -2.09. The zero-order valence-corrected chi connectivity index (χ0v) is 17.3. The highest BCUT2D eigenvalue weighted by Crippen LogP contribution is 2.35. The van der Waals surface area contributed by atoms with Crippen molar-refractivity contribution in [2.24, 2.45) is 0 Å². The predicted octanol–water partition coefficient (Wildman–Crippen LogP) is 5.36. The number of anilines is 1. The molecule has 0 saturated carbocycles. The average Bonchev–Trinajstić information content (AvgIpc) is 3.09. The molecule has 0 radical (unpaired) electrons. The molecule has 1 aromatic carbocycles. The van der Waals surface area contributed by atoms with Gasteiger partial charge in [0.25, 0.3) is 10.0 Å². The van der Waals surface area contributed by atoms with Crippen molar-refractivity contribution in [2.75, 3.05) is 4.72 Å². The number of hydrogen-bond donors (Lipinski definition) is 1. The molecule has 0 aliphatic carbocycles. The fraction of sp³-hybridized carbons (Fsp3) is 0.188. The number of sulfonamides is 1. The first-order valence-electron chi connectivity index (χ1n) is 7.08. The summed E-state index contributed by atoms with van der Waals surface area (Å²) < 4.78 is 29.1. The van der Waals surface area contributed by atoms with Crippen LogP contribution in [0.3, 0.4) is 0 Å². The van der Waals surface area contributed by atoms with Gasteiger partial charge in [-0.05, 0) is 50.6 Å². The van der Waals surface area contributed by atoms with Crippen molar-refractivity contribution in [3.05, 3.63) is 49.6 Å². The van der Waals surface area contributed by atoms with Gasteiger partial charge in [0, 0.05) is 20.4 Å². The van der Waals surface area contributed by atoms with E-state index in [1.54, 1.807) is 29.5 Å². The summed E-state index contributed by atoms with van der Waals surface area (Å²) in [6, 6.07) is 7.06. The number of aromatic nitrogens is 1. The summed E-state index contributed by atoms with van der Waals surface area (Å²) in [6.45, 7) is 5.67. The molecule has 0 unspecified atom stereocenters. The molecule has 0 bridgehead atoms. The summed E-state index contributed by atoms with van der Waals surface area (Å²) >= 11 is 6.41. The Labute approximate surface area is 157 Å². The van der Waals surface area contributed by atoms with E-state index < -0.39 is 10.0 Å². The molecule has 126 valence electrons. The van der Waals surface area contributed by atoms with Crippen molar-refractivity contribution >= 4 is 54.3 Å². The van der Waals surface area contributed by atoms with Crippen molar-refractivity contribution in [3.63, 3.8) is 0 Å². The summed E-state index contributed by atoms with van der Waals surface area (Å²) in [5.74, 6) is 0. The lowest BCUT2D eigenvalue weighted by Crippen LogP contribution is -2.13. The van der Waals surface area contributed by atoms with Gasteiger partial charge < -0.3 is 0 Å². The molecule has 0 spiro atoms. The molecule has 0 amide bonds. The van der Waals surface area contributed by atoms with Gasteiger partial charge in [0.1, 0.15) is 4.90 Å². The third-order valence-electron chi connectivity index (χ3n) is 3.44. The summed E-state index contributed by atoms with van der Waals surface area (Å²) in [7, 11) is -3.63. The first-order valence-corrected chi connectivity index (χ1v) is 11.1. The van der Waals surface area contributed by atoms with Crippen molar-refractivity contribution in [2.45, 2.75) is 25.7 Å². The maximum Gasteiger partial charge on any atom is 0.263 e. The highest BCUT2D eigenvalue weighted by Gasteiger charge is 2.21. The predicted molar refractivity (Wildman–Crippen MR) is 105 cm³/mol. The van der Waals surface area contributed by atoms with Crippen LogP contribution < -0.4 is 4.72 Å². The molecule has 0 saturated heterocycles. The Morgan fingerprint density at radius 3 is 2.54 bits per heavy atom. The van der Waals surface area contributed by atoms with E-state index in [-0.39, 0.29) is 0 Å². The zero-order chi connectivity index (χ0) is 17.5. The van der Waals surface area contributed by atoms with Gasteiger partial charge in [-0.1, -0.05) is 15.9 Å². The Kier molecular flexibility index (Phi) is 4.83. The number of halogens is 1. The number of aryl methyl sites for hydroxylation is 3.